The topological polar surface area (TPSA) is 37.4 Å². The van der Waals surface area contributed by atoms with E-state index in [0.717, 1.165) is 32.8 Å². The molecule has 1 atom stereocenters. The van der Waals surface area contributed by atoms with Crippen LogP contribution < -0.4 is 10.2 Å². The average molecular weight is 311 g/mol. The minimum absolute atomic E-state index is 0.462. The molecule has 4 nitrogen and oxygen atoms in total. The van der Waals surface area contributed by atoms with Crippen LogP contribution in [-0.4, -0.2) is 37.8 Å². The summed E-state index contributed by atoms with van der Waals surface area (Å²) in [6.07, 6.45) is 4.88. The molecule has 0 aliphatic heterocycles. The second-order valence-corrected chi connectivity index (χ2v) is 6.54. The van der Waals surface area contributed by atoms with E-state index in [1.807, 2.05) is 18.3 Å². The summed E-state index contributed by atoms with van der Waals surface area (Å²) in [6.45, 7) is 11.0. The van der Waals surface area contributed by atoms with Crippen LogP contribution in [0.3, 0.4) is 0 Å². The summed E-state index contributed by atoms with van der Waals surface area (Å²) in [5.74, 6) is 0. The molecule has 0 fully saturated rings. The number of aryl methyl sites for hydroxylation is 1. The van der Waals surface area contributed by atoms with E-state index in [9.17, 15) is 0 Å². The highest BCUT2D eigenvalue weighted by Gasteiger charge is 2.25. The number of hydrogen-bond acceptors (Lipinski definition) is 5. The third kappa shape index (κ3) is 4.41. The van der Waals surface area contributed by atoms with Gasteiger partial charge in [-0.05, 0) is 46.1 Å². The number of anilines is 1. The molecule has 0 saturated heterocycles. The quantitative estimate of drug-likeness (QED) is 0.709. The molecular weight excluding hydrogens is 282 g/mol. The summed E-state index contributed by atoms with van der Waals surface area (Å²) in [4.78, 5) is 8.79. The van der Waals surface area contributed by atoms with Crippen molar-refractivity contribution >= 4 is 16.5 Å². The number of hydrogen-bond donors (Lipinski definition) is 1. The number of rotatable bonds is 9. The number of thiazole rings is 1. The summed E-state index contributed by atoms with van der Waals surface area (Å²) in [5.41, 5.74) is 1.31. The molecule has 1 aromatic rings. The molecule has 1 aromatic heterocycles. The summed E-state index contributed by atoms with van der Waals surface area (Å²) in [6, 6.07) is 0.462. The Balaban J connectivity index is 2.06. The molecule has 1 aliphatic rings. The summed E-state index contributed by atoms with van der Waals surface area (Å²) >= 11 is 1.88. The van der Waals surface area contributed by atoms with Crippen LogP contribution in [-0.2, 0) is 11.2 Å². The second kappa shape index (κ2) is 8.71. The van der Waals surface area contributed by atoms with Crippen molar-refractivity contribution < 1.29 is 4.74 Å². The van der Waals surface area contributed by atoms with Crippen LogP contribution in [0, 0.1) is 0 Å². The van der Waals surface area contributed by atoms with Crippen molar-refractivity contribution in [3.8, 4) is 0 Å². The van der Waals surface area contributed by atoms with Crippen LogP contribution in [0.4, 0.5) is 5.13 Å². The Morgan fingerprint density at radius 3 is 2.95 bits per heavy atom. The van der Waals surface area contributed by atoms with Crippen LogP contribution in [0.2, 0.25) is 0 Å². The first-order valence-electron chi connectivity index (χ1n) is 8.35. The summed E-state index contributed by atoms with van der Waals surface area (Å²) in [7, 11) is 0. The van der Waals surface area contributed by atoms with Gasteiger partial charge < -0.3 is 15.0 Å². The van der Waals surface area contributed by atoms with Gasteiger partial charge in [0, 0.05) is 24.6 Å². The van der Waals surface area contributed by atoms with E-state index in [4.69, 9.17) is 9.72 Å². The lowest BCUT2D eigenvalue weighted by Gasteiger charge is -2.22. The molecule has 0 aromatic carbocycles. The fraction of sp³-hybridized carbons (Fsp3) is 0.812. The first kappa shape index (κ1) is 16.7. The van der Waals surface area contributed by atoms with E-state index < -0.39 is 0 Å². The van der Waals surface area contributed by atoms with Gasteiger partial charge in [0.1, 0.15) is 0 Å². The third-order valence-corrected chi connectivity index (χ3v) is 5.14. The molecule has 5 heteroatoms. The number of ether oxygens (including phenoxy) is 1. The van der Waals surface area contributed by atoms with Crippen molar-refractivity contribution in [1.29, 1.82) is 0 Å². The van der Waals surface area contributed by atoms with Gasteiger partial charge in [0.15, 0.2) is 5.13 Å². The van der Waals surface area contributed by atoms with Gasteiger partial charge in [-0.2, -0.15) is 0 Å². The Morgan fingerprint density at radius 2 is 2.24 bits per heavy atom. The third-order valence-electron chi connectivity index (χ3n) is 3.95. The summed E-state index contributed by atoms with van der Waals surface area (Å²) in [5, 5.41) is 4.82. The Labute approximate surface area is 132 Å². The number of aromatic nitrogens is 1. The smallest absolute Gasteiger partial charge is 0.185 e. The number of fused-ring (bicyclic) bond motifs is 1. The lowest BCUT2D eigenvalue weighted by Crippen LogP contribution is -2.28. The van der Waals surface area contributed by atoms with E-state index in [1.165, 1.54) is 41.4 Å². The van der Waals surface area contributed by atoms with Gasteiger partial charge in [0.2, 0.25) is 0 Å². The first-order valence-corrected chi connectivity index (χ1v) is 9.17. The molecule has 1 aliphatic carbocycles. The predicted octanol–water partition coefficient (Wildman–Crippen LogP) is 3.38. The molecule has 0 saturated carbocycles. The van der Waals surface area contributed by atoms with Crippen molar-refractivity contribution in [1.82, 2.24) is 10.3 Å². The monoisotopic (exact) mass is 311 g/mol. The fourth-order valence-electron chi connectivity index (χ4n) is 2.77. The minimum Gasteiger partial charge on any atom is -0.380 e. The van der Waals surface area contributed by atoms with Gasteiger partial charge in [0.05, 0.1) is 18.3 Å². The molecule has 0 amide bonds. The molecule has 0 radical (unpaired) electrons. The van der Waals surface area contributed by atoms with Crippen molar-refractivity contribution in [2.45, 2.75) is 52.5 Å². The zero-order valence-corrected chi connectivity index (χ0v) is 14.5. The maximum Gasteiger partial charge on any atom is 0.185 e. The molecule has 21 heavy (non-hydrogen) atoms. The SMILES string of the molecule is CCCNC1CCCc2sc(N(CC)CCOCC)nc21. The first-order chi connectivity index (χ1) is 10.3. The highest BCUT2D eigenvalue weighted by atomic mass is 32.1. The van der Waals surface area contributed by atoms with E-state index in [2.05, 4.69) is 24.1 Å². The lowest BCUT2D eigenvalue weighted by molar-refractivity contribution is 0.154. The molecule has 1 unspecified atom stereocenters. The van der Waals surface area contributed by atoms with Crippen LogP contribution in [0.5, 0.6) is 0 Å². The van der Waals surface area contributed by atoms with Crippen LogP contribution >= 0.6 is 11.3 Å². The maximum atomic E-state index is 5.49. The molecule has 2 rings (SSSR count). The average Bonchev–Trinajstić information content (AvgIpc) is 2.94. The molecule has 0 bridgehead atoms. The van der Waals surface area contributed by atoms with Gasteiger partial charge in [0.25, 0.3) is 0 Å². The Kier molecular flexibility index (Phi) is 6.93. The summed E-state index contributed by atoms with van der Waals surface area (Å²) < 4.78 is 5.49. The predicted molar refractivity (Wildman–Crippen MR) is 90.5 cm³/mol. The number of likely N-dealkylation sites (N-methyl/N-ethyl adjacent to an activating group) is 1. The standard InChI is InChI=1S/C16H29N3OS/c1-4-10-17-13-8-7-9-14-15(13)18-16(21-14)19(5-2)11-12-20-6-3/h13,17H,4-12H2,1-3H3. The van der Waals surface area contributed by atoms with E-state index in [0.29, 0.717) is 6.04 Å². The maximum absolute atomic E-state index is 5.49. The highest BCUT2D eigenvalue weighted by Crippen LogP contribution is 2.36. The van der Waals surface area contributed by atoms with Crippen LogP contribution in [0.25, 0.3) is 0 Å². The van der Waals surface area contributed by atoms with E-state index in [1.54, 1.807) is 0 Å². The van der Waals surface area contributed by atoms with Gasteiger partial charge in [-0.25, -0.2) is 4.98 Å². The largest absolute Gasteiger partial charge is 0.380 e. The fourth-order valence-corrected chi connectivity index (χ4v) is 4.02. The zero-order valence-electron chi connectivity index (χ0n) is 13.7. The van der Waals surface area contributed by atoms with Gasteiger partial charge >= 0.3 is 0 Å². The van der Waals surface area contributed by atoms with E-state index >= 15 is 0 Å². The lowest BCUT2D eigenvalue weighted by atomic mass is 9.97. The minimum atomic E-state index is 0.462. The normalized spacial score (nSPS) is 17.8. The van der Waals surface area contributed by atoms with E-state index in [-0.39, 0.29) is 0 Å². The van der Waals surface area contributed by atoms with Crippen molar-refractivity contribution in [2.24, 2.45) is 0 Å². The number of nitrogens with zero attached hydrogens (tertiary/aromatic N) is 2. The Morgan fingerprint density at radius 1 is 1.38 bits per heavy atom. The Bertz CT molecular complexity index is 422. The second-order valence-electron chi connectivity index (χ2n) is 5.48. The molecule has 1 heterocycles. The zero-order chi connectivity index (χ0) is 15.1. The molecule has 1 N–H and O–H groups in total. The molecule has 0 spiro atoms. The van der Waals surface area contributed by atoms with Crippen molar-refractivity contribution in [2.75, 3.05) is 37.7 Å². The molecular formula is C16H29N3OS. The van der Waals surface area contributed by atoms with Gasteiger partial charge in [-0.15, -0.1) is 11.3 Å². The Hall–Kier alpha value is -0.650. The van der Waals surface area contributed by atoms with Crippen molar-refractivity contribution in [3.63, 3.8) is 0 Å². The highest BCUT2D eigenvalue weighted by molar-refractivity contribution is 7.15. The molecule has 120 valence electrons. The van der Waals surface area contributed by atoms with Crippen molar-refractivity contribution in [3.05, 3.63) is 10.6 Å². The van der Waals surface area contributed by atoms with Gasteiger partial charge in [-0.1, -0.05) is 6.92 Å². The van der Waals surface area contributed by atoms with Gasteiger partial charge in [-0.3, -0.25) is 0 Å². The van der Waals surface area contributed by atoms with Crippen LogP contribution in [0.15, 0.2) is 0 Å². The van der Waals surface area contributed by atoms with Crippen LogP contribution in [0.1, 0.15) is 56.6 Å². The number of nitrogens with one attached hydrogen (secondary N) is 1.